The second kappa shape index (κ2) is 4.34. The first-order chi connectivity index (χ1) is 8.79. The van der Waals surface area contributed by atoms with E-state index in [4.69, 9.17) is 5.11 Å². The molecule has 5 nitrogen and oxygen atoms in total. The maximum atomic E-state index is 11.9. The fraction of sp³-hybridized carbons (Fsp3) is 0.308. The molecule has 5 heteroatoms. The maximum Gasteiger partial charge on any atom is 0.228 e. The Balaban J connectivity index is 2.07. The monoisotopic (exact) mass is 243 g/mol. The molecule has 2 heterocycles. The fourth-order valence-corrected chi connectivity index (χ4v) is 2.31. The quantitative estimate of drug-likeness (QED) is 0.853. The van der Waals surface area contributed by atoms with Gasteiger partial charge in [-0.25, -0.2) is 9.97 Å². The molecule has 1 aromatic carbocycles. The van der Waals surface area contributed by atoms with E-state index < -0.39 is 0 Å². The van der Waals surface area contributed by atoms with Gasteiger partial charge >= 0.3 is 0 Å². The Hall–Kier alpha value is -2.01. The van der Waals surface area contributed by atoms with Crippen LogP contribution in [-0.2, 0) is 4.79 Å². The van der Waals surface area contributed by atoms with Crippen LogP contribution in [0.5, 0.6) is 0 Å². The topological polar surface area (TPSA) is 66.3 Å². The van der Waals surface area contributed by atoms with E-state index >= 15 is 0 Å². The van der Waals surface area contributed by atoms with Gasteiger partial charge in [0.1, 0.15) is 12.1 Å². The van der Waals surface area contributed by atoms with Crippen molar-refractivity contribution in [2.75, 3.05) is 18.1 Å². The number of fused-ring (bicyclic) bond motifs is 1. The van der Waals surface area contributed by atoms with Crippen LogP contribution in [0.4, 0.5) is 5.82 Å². The van der Waals surface area contributed by atoms with Crippen molar-refractivity contribution in [1.29, 1.82) is 0 Å². The summed E-state index contributed by atoms with van der Waals surface area (Å²) in [7, 11) is 0. The normalized spacial score (nSPS) is 19.7. The molecule has 1 unspecified atom stereocenters. The second-order valence-electron chi connectivity index (χ2n) is 4.47. The zero-order valence-electron chi connectivity index (χ0n) is 9.78. The molecule has 18 heavy (non-hydrogen) atoms. The molecule has 3 rings (SSSR count). The van der Waals surface area contributed by atoms with E-state index in [2.05, 4.69) is 9.97 Å². The summed E-state index contributed by atoms with van der Waals surface area (Å²) in [4.78, 5) is 22.0. The smallest absolute Gasteiger partial charge is 0.228 e. The van der Waals surface area contributed by atoms with Crippen LogP contribution in [0, 0.1) is 5.92 Å². The number of aliphatic hydroxyl groups is 1. The number of hydrogen-bond donors (Lipinski definition) is 1. The largest absolute Gasteiger partial charge is 0.396 e. The van der Waals surface area contributed by atoms with Crippen LogP contribution in [-0.4, -0.2) is 34.1 Å². The van der Waals surface area contributed by atoms with Crippen molar-refractivity contribution in [3.05, 3.63) is 30.6 Å². The van der Waals surface area contributed by atoms with Crippen LogP contribution in [0.3, 0.4) is 0 Å². The number of aromatic nitrogens is 2. The van der Waals surface area contributed by atoms with E-state index in [-0.39, 0.29) is 18.4 Å². The SMILES string of the molecule is O=C1CC(CO)CN1c1ncnc2ccccc12. The lowest BCUT2D eigenvalue weighted by molar-refractivity contribution is -0.117. The fourth-order valence-electron chi connectivity index (χ4n) is 2.31. The first-order valence-corrected chi connectivity index (χ1v) is 5.90. The van der Waals surface area contributed by atoms with Gasteiger partial charge in [0.05, 0.1) is 5.52 Å². The van der Waals surface area contributed by atoms with Crippen molar-refractivity contribution in [3.63, 3.8) is 0 Å². The minimum atomic E-state index is 0.00577. The number of para-hydroxylation sites is 1. The number of nitrogens with zero attached hydrogens (tertiary/aromatic N) is 3. The molecular weight excluding hydrogens is 230 g/mol. The van der Waals surface area contributed by atoms with E-state index in [9.17, 15) is 4.79 Å². The van der Waals surface area contributed by atoms with Crippen LogP contribution in [0.2, 0.25) is 0 Å². The molecule has 0 saturated carbocycles. The first-order valence-electron chi connectivity index (χ1n) is 5.90. The van der Waals surface area contributed by atoms with E-state index in [0.717, 1.165) is 10.9 Å². The summed E-state index contributed by atoms with van der Waals surface area (Å²) in [6.45, 7) is 0.557. The summed E-state index contributed by atoms with van der Waals surface area (Å²) < 4.78 is 0. The minimum Gasteiger partial charge on any atom is -0.396 e. The van der Waals surface area contributed by atoms with Crippen molar-refractivity contribution in [1.82, 2.24) is 9.97 Å². The third kappa shape index (κ3) is 1.73. The van der Waals surface area contributed by atoms with Crippen molar-refractivity contribution in [3.8, 4) is 0 Å². The van der Waals surface area contributed by atoms with Gasteiger partial charge in [-0.2, -0.15) is 0 Å². The zero-order valence-corrected chi connectivity index (χ0v) is 9.78. The molecule has 0 radical (unpaired) electrons. The van der Waals surface area contributed by atoms with Crippen molar-refractivity contribution >= 4 is 22.6 Å². The molecule has 1 aromatic heterocycles. The third-order valence-electron chi connectivity index (χ3n) is 3.24. The Kier molecular flexibility index (Phi) is 2.68. The van der Waals surface area contributed by atoms with E-state index in [1.54, 1.807) is 4.90 Å². The van der Waals surface area contributed by atoms with Gasteiger partial charge in [0.2, 0.25) is 5.91 Å². The minimum absolute atomic E-state index is 0.00577. The molecule has 1 atom stereocenters. The average molecular weight is 243 g/mol. The van der Waals surface area contributed by atoms with Gasteiger partial charge in [-0.05, 0) is 12.1 Å². The molecular formula is C13H13N3O2. The van der Waals surface area contributed by atoms with Crippen LogP contribution >= 0.6 is 0 Å². The summed E-state index contributed by atoms with van der Waals surface area (Å²) >= 11 is 0. The highest BCUT2D eigenvalue weighted by molar-refractivity contribution is 6.02. The van der Waals surface area contributed by atoms with E-state index in [1.165, 1.54) is 6.33 Å². The summed E-state index contributed by atoms with van der Waals surface area (Å²) in [5.41, 5.74) is 0.822. The number of carbonyl (C=O) groups excluding carboxylic acids is 1. The number of anilines is 1. The first kappa shape index (κ1) is 11.1. The zero-order chi connectivity index (χ0) is 12.5. The molecule has 1 aliphatic rings. The number of hydrogen-bond acceptors (Lipinski definition) is 4. The average Bonchev–Trinajstić information content (AvgIpc) is 2.79. The van der Waals surface area contributed by atoms with Crippen molar-refractivity contribution in [2.45, 2.75) is 6.42 Å². The highest BCUT2D eigenvalue weighted by atomic mass is 16.3. The van der Waals surface area contributed by atoms with Gasteiger partial charge in [-0.1, -0.05) is 12.1 Å². The van der Waals surface area contributed by atoms with E-state index in [0.29, 0.717) is 18.8 Å². The molecule has 0 aliphatic carbocycles. The summed E-state index contributed by atoms with van der Waals surface area (Å²) in [6.07, 6.45) is 1.85. The standard InChI is InChI=1S/C13H13N3O2/c17-7-9-5-12(18)16(6-9)13-10-3-1-2-4-11(10)14-8-15-13/h1-4,8-9,17H,5-7H2. The molecule has 1 N–H and O–H groups in total. The Morgan fingerprint density at radius 1 is 1.33 bits per heavy atom. The van der Waals surface area contributed by atoms with E-state index in [1.807, 2.05) is 24.3 Å². The Bertz CT molecular complexity index is 594. The summed E-state index contributed by atoms with van der Waals surface area (Å²) in [6, 6.07) is 7.61. The van der Waals surface area contributed by atoms with Gasteiger partial charge in [0, 0.05) is 30.9 Å². The van der Waals surface area contributed by atoms with Crippen LogP contribution in [0.25, 0.3) is 10.9 Å². The number of benzene rings is 1. The molecule has 2 aromatic rings. The highest BCUT2D eigenvalue weighted by Gasteiger charge is 2.31. The molecule has 1 saturated heterocycles. The van der Waals surface area contributed by atoms with Crippen molar-refractivity contribution in [2.24, 2.45) is 5.92 Å². The molecule has 1 amide bonds. The molecule has 0 bridgehead atoms. The number of aliphatic hydroxyl groups excluding tert-OH is 1. The third-order valence-corrected chi connectivity index (χ3v) is 3.24. The van der Waals surface area contributed by atoms with Crippen molar-refractivity contribution < 1.29 is 9.90 Å². The van der Waals surface area contributed by atoms with Crippen LogP contribution in [0.15, 0.2) is 30.6 Å². The lowest BCUT2D eigenvalue weighted by Crippen LogP contribution is -2.26. The lowest BCUT2D eigenvalue weighted by Gasteiger charge is -2.16. The van der Waals surface area contributed by atoms with Crippen LogP contribution in [0.1, 0.15) is 6.42 Å². The molecule has 92 valence electrons. The second-order valence-corrected chi connectivity index (χ2v) is 4.47. The molecule has 0 spiro atoms. The predicted molar refractivity (Wildman–Crippen MR) is 67.1 cm³/mol. The number of carbonyl (C=O) groups is 1. The molecule has 1 fully saturated rings. The Morgan fingerprint density at radius 3 is 2.94 bits per heavy atom. The van der Waals surface area contributed by atoms with Gasteiger partial charge in [0.25, 0.3) is 0 Å². The van der Waals surface area contributed by atoms with Gasteiger partial charge in [-0.15, -0.1) is 0 Å². The van der Waals surface area contributed by atoms with Crippen LogP contribution < -0.4 is 4.90 Å². The molecule has 1 aliphatic heterocycles. The summed E-state index contributed by atoms with van der Waals surface area (Å²) in [5.74, 6) is 0.658. The van der Waals surface area contributed by atoms with Gasteiger partial charge in [-0.3, -0.25) is 9.69 Å². The lowest BCUT2D eigenvalue weighted by atomic mass is 10.1. The van der Waals surface area contributed by atoms with Gasteiger partial charge < -0.3 is 5.11 Å². The van der Waals surface area contributed by atoms with Gasteiger partial charge in [0.15, 0.2) is 0 Å². The summed E-state index contributed by atoms with van der Waals surface area (Å²) in [5, 5.41) is 10.0. The Morgan fingerprint density at radius 2 is 2.17 bits per heavy atom. The highest BCUT2D eigenvalue weighted by Crippen LogP contribution is 2.28. The number of amides is 1. The number of rotatable bonds is 2. The predicted octanol–water partition coefficient (Wildman–Crippen LogP) is 0.975. The maximum absolute atomic E-state index is 11.9. The Labute approximate surface area is 104 Å².